The van der Waals surface area contributed by atoms with Gasteiger partial charge in [0.05, 0.1) is 10.4 Å². The number of nitrogens with one attached hydrogen (secondary N) is 1. The monoisotopic (exact) mass is 387 g/mol. The van der Waals surface area contributed by atoms with Gasteiger partial charge in [-0.25, -0.2) is 12.8 Å². The fourth-order valence-electron chi connectivity index (χ4n) is 2.06. The van der Waals surface area contributed by atoms with Crippen molar-refractivity contribution in [3.05, 3.63) is 74.5 Å². The van der Waals surface area contributed by atoms with E-state index in [0.29, 0.717) is 9.90 Å². The maximum atomic E-state index is 13.1. The van der Waals surface area contributed by atoms with E-state index in [2.05, 4.69) is 4.72 Å². The molecule has 0 fully saturated rings. The number of rotatable bonds is 5. The molecule has 0 spiro atoms. The quantitative estimate of drug-likeness (QED) is 0.691. The minimum Gasteiger partial charge on any atom is -0.207 e. The first-order valence-corrected chi connectivity index (χ1v) is 10.1. The molecule has 120 valence electrons. The van der Waals surface area contributed by atoms with Crippen LogP contribution in [0.15, 0.2) is 58.1 Å². The van der Waals surface area contributed by atoms with Crippen LogP contribution in [0.4, 0.5) is 4.39 Å². The predicted octanol–water partition coefficient (Wildman–Crippen LogP) is 4.67. The van der Waals surface area contributed by atoms with Gasteiger partial charge in [0.15, 0.2) is 0 Å². The molecule has 1 atom stereocenters. The third kappa shape index (κ3) is 3.81. The average molecular weight is 388 g/mol. The Labute approximate surface area is 146 Å². The molecule has 2 heterocycles. The number of thiophene rings is 2. The molecule has 0 aliphatic rings. The molecule has 1 N–H and O–H groups in total. The Morgan fingerprint density at radius 1 is 1.09 bits per heavy atom. The largest absolute Gasteiger partial charge is 0.250 e. The SMILES string of the molecule is O=S(=O)(NC(c1ccc(F)cc1)c1cccs1)c1ccc(Cl)s1. The summed E-state index contributed by atoms with van der Waals surface area (Å²) in [6.45, 7) is 0. The first-order valence-electron chi connectivity index (χ1n) is 6.52. The van der Waals surface area contributed by atoms with Crippen molar-refractivity contribution in [2.45, 2.75) is 10.3 Å². The Bertz CT molecular complexity index is 889. The second-order valence-electron chi connectivity index (χ2n) is 4.68. The van der Waals surface area contributed by atoms with Crippen LogP contribution in [0, 0.1) is 5.82 Å². The maximum Gasteiger partial charge on any atom is 0.250 e. The lowest BCUT2D eigenvalue weighted by Crippen LogP contribution is -2.28. The first kappa shape index (κ1) is 16.6. The van der Waals surface area contributed by atoms with Gasteiger partial charge in [0.25, 0.3) is 10.0 Å². The lowest BCUT2D eigenvalue weighted by molar-refractivity contribution is 0.575. The van der Waals surface area contributed by atoms with E-state index < -0.39 is 16.1 Å². The Morgan fingerprint density at radius 2 is 1.83 bits per heavy atom. The van der Waals surface area contributed by atoms with Gasteiger partial charge in [0.1, 0.15) is 10.0 Å². The summed E-state index contributed by atoms with van der Waals surface area (Å²) < 4.78 is 41.5. The van der Waals surface area contributed by atoms with Crippen molar-refractivity contribution < 1.29 is 12.8 Å². The highest BCUT2D eigenvalue weighted by atomic mass is 35.5. The van der Waals surface area contributed by atoms with E-state index in [0.717, 1.165) is 16.2 Å². The number of benzene rings is 1. The lowest BCUT2D eigenvalue weighted by Gasteiger charge is -2.17. The summed E-state index contributed by atoms with van der Waals surface area (Å²) in [6, 6.07) is 11.9. The van der Waals surface area contributed by atoms with Gasteiger partial charge in [-0.1, -0.05) is 29.8 Å². The standard InChI is InChI=1S/C15H11ClFNO2S3/c16-13-7-8-14(22-13)23(19,20)18-15(12-2-1-9-21-12)10-3-5-11(17)6-4-10/h1-9,15,18H. The van der Waals surface area contributed by atoms with Gasteiger partial charge in [0.2, 0.25) is 0 Å². The van der Waals surface area contributed by atoms with Crippen LogP contribution in [0.3, 0.4) is 0 Å². The van der Waals surface area contributed by atoms with Crippen molar-refractivity contribution in [1.29, 1.82) is 0 Å². The van der Waals surface area contributed by atoms with E-state index in [4.69, 9.17) is 11.6 Å². The van der Waals surface area contributed by atoms with Crippen molar-refractivity contribution in [3.63, 3.8) is 0 Å². The highest BCUT2D eigenvalue weighted by molar-refractivity contribution is 7.91. The van der Waals surface area contributed by atoms with Crippen LogP contribution in [0.25, 0.3) is 0 Å². The highest BCUT2D eigenvalue weighted by Crippen LogP contribution is 2.31. The van der Waals surface area contributed by atoms with E-state index in [9.17, 15) is 12.8 Å². The van der Waals surface area contributed by atoms with Crippen molar-refractivity contribution >= 4 is 44.3 Å². The van der Waals surface area contributed by atoms with E-state index in [-0.39, 0.29) is 10.0 Å². The molecule has 23 heavy (non-hydrogen) atoms. The molecule has 8 heteroatoms. The van der Waals surface area contributed by atoms with Crippen molar-refractivity contribution in [1.82, 2.24) is 4.72 Å². The van der Waals surface area contributed by atoms with Gasteiger partial charge in [-0.15, -0.1) is 22.7 Å². The minimum atomic E-state index is -3.73. The summed E-state index contributed by atoms with van der Waals surface area (Å²) in [5.41, 5.74) is 0.667. The molecule has 1 unspecified atom stereocenters. The zero-order valence-corrected chi connectivity index (χ0v) is 14.8. The number of halogens is 2. The third-order valence-electron chi connectivity index (χ3n) is 3.12. The molecule has 1 aromatic carbocycles. The highest BCUT2D eigenvalue weighted by Gasteiger charge is 2.25. The fourth-order valence-corrected chi connectivity index (χ4v) is 5.64. The molecule has 0 bridgehead atoms. The molecule has 0 saturated heterocycles. The van der Waals surface area contributed by atoms with Crippen LogP contribution in [0.2, 0.25) is 4.34 Å². The molecule has 2 aromatic heterocycles. The normalized spacial score (nSPS) is 13.1. The van der Waals surface area contributed by atoms with Gasteiger partial charge >= 0.3 is 0 Å². The summed E-state index contributed by atoms with van der Waals surface area (Å²) in [7, 11) is -3.73. The van der Waals surface area contributed by atoms with Crippen LogP contribution in [0.5, 0.6) is 0 Å². The topological polar surface area (TPSA) is 46.2 Å². The van der Waals surface area contributed by atoms with E-state index >= 15 is 0 Å². The summed E-state index contributed by atoms with van der Waals surface area (Å²) in [4.78, 5) is 0.822. The molecule has 0 saturated carbocycles. The van der Waals surface area contributed by atoms with E-state index in [1.54, 1.807) is 18.2 Å². The van der Waals surface area contributed by atoms with Gasteiger partial charge in [0, 0.05) is 4.88 Å². The van der Waals surface area contributed by atoms with E-state index in [1.165, 1.54) is 29.5 Å². The molecule has 0 aliphatic carbocycles. The van der Waals surface area contributed by atoms with Crippen molar-refractivity contribution in [2.75, 3.05) is 0 Å². The van der Waals surface area contributed by atoms with Crippen LogP contribution >= 0.6 is 34.3 Å². The van der Waals surface area contributed by atoms with Crippen LogP contribution in [0.1, 0.15) is 16.5 Å². The van der Waals surface area contributed by atoms with Crippen LogP contribution < -0.4 is 4.72 Å². The van der Waals surface area contributed by atoms with Gasteiger partial charge in [-0.2, -0.15) is 4.72 Å². The minimum absolute atomic E-state index is 0.145. The molecule has 3 nitrogen and oxygen atoms in total. The van der Waals surface area contributed by atoms with E-state index in [1.807, 2.05) is 17.5 Å². The first-order chi connectivity index (χ1) is 11.0. The second-order valence-corrected chi connectivity index (χ2v) is 9.31. The van der Waals surface area contributed by atoms with Crippen LogP contribution in [-0.4, -0.2) is 8.42 Å². The molecule has 3 aromatic rings. The van der Waals surface area contributed by atoms with Gasteiger partial charge in [-0.3, -0.25) is 0 Å². The molecule has 3 rings (SSSR count). The predicted molar refractivity (Wildman–Crippen MR) is 92.2 cm³/mol. The number of sulfonamides is 1. The van der Waals surface area contributed by atoms with Crippen molar-refractivity contribution in [2.24, 2.45) is 0 Å². The summed E-state index contributed by atoms with van der Waals surface area (Å²) in [5, 5.41) is 1.86. The fraction of sp³-hybridized carbons (Fsp3) is 0.0667. The Balaban J connectivity index is 1.98. The Morgan fingerprint density at radius 3 is 2.39 bits per heavy atom. The molecule has 0 amide bonds. The summed E-state index contributed by atoms with van der Waals surface area (Å²) in [6.07, 6.45) is 0. The lowest BCUT2D eigenvalue weighted by atomic mass is 10.1. The molecule has 0 radical (unpaired) electrons. The zero-order chi connectivity index (χ0) is 16.4. The molecule has 0 aliphatic heterocycles. The average Bonchev–Trinajstić information content (AvgIpc) is 3.17. The third-order valence-corrected chi connectivity index (χ3v) is 7.20. The number of hydrogen-bond acceptors (Lipinski definition) is 4. The zero-order valence-electron chi connectivity index (χ0n) is 11.6. The summed E-state index contributed by atoms with van der Waals surface area (Å²) in [5.74, 6) is -0.369. The van der Waals surface area contributed by atoms with Gasteiger partial charge in [-0.05, 0) is 41.3 Å². The second kappa shape index (κ2) is 6.70. The Kier molecular flexibility index (Phi) is 4.84. The molecular weight excluding hydrogens is 377 g/mol. The summed E-state index contributed by atoms with van der Waals surface area (Å²) >= 11 is 8.24. The smallest absolute Gasteiger partial charge is 0.207 e. The van der Waals surface area contributed by atoms with Gasteiger partial charge < -0.3 is 0 Å². The molecular formula is C15H11ClFNO2S3. The maximum absolute atomic E-state index is 13.1. The Hall–Kier alpha value is -1.25. The van der Waals surface area contributed by atoms with Crippen LogP contribution in [-0.2, 0) is 10.0 Å². The number of hydrogen-bond donors (Lipinski definition) is 1. The van der Waals surface area contributed by atoms with Crippen molar-refractivity contribution in [3.8, 4) is 0 Å².